The summed E-state index contributed by atoms with van der Waals surface area (Å²) in [5.74, 6) is 0.284. The summed E-state index contributed by atoms with van der Waals surface area (Å²) in [6.07, 6.45) is 1.42. The van der Waals surface area contributed by atoms with Crippen LogP contribution in [0.4, 0.5) is 0 Å². The van der Waals surface area contributed by atoms with Gasteiger partial charge in [0.15, 0.2) is 5.69 Å². The Labute approximate surface area is 158 Å². The molecule has 0 atom stereocenters. The first-order valence-corrected chi connectivity index (χ1v) is 9.22. The molecule has 0 saturated carbocycles. The van der Waals surface area contributed by atoms with Gasteiger partial charge in [-0.2, -0.15) is 9.90 Å². The molecule has 3 aromatic heterocycles. The van der Waals surface area contributed by atoms with Gasteiger partial charge in [0.25, 0.3) is 11.5 Å². The van der Waals surface area contributed by atoms with E-state index in [2.05, 4.69) is 20.5 Å². The Bertz CT molecular complexity index is 1160. The number of nitrogens with zero attached hydrogens (tertiary/aromatic N) is 5. The lowest BCUT2D eigenvalue weighted by molar-refractivity contribution is 0.0946. The van der Waals surface area contributed by atoms with Crippen LogP contribution in [-0.4, -0.2) is 37.0 Å². The number of hydrogen-bond acceptors (Lipinski definition) is 6. The first-order valence-electron chi connectivity index (χ1n) is 8.34. The molecule has 0 spiro atoms. The molecule has 3 heterocycles. The molecule has 0 bridgehead atoms. The zero-order chi connectivity index (χ0) is 18.8. The van der Waals surface area contributed by atoms with E-state index in [-0.39, 0.29) is 23.7 Å². The molecule has 1 N–H and O–H groups in total. The van der Waals surface area contributed by atoms with Gasteiger partial charge in [0.1, 0.15) is 10.7 Å². The molecule has 9 heteroatoms. The molecule has 27 heavy (non-hydrogen) atoms. The molecule has 136 valence electrons. The summed E-state index contributed by atoms with van der Waals surface area (Å²) in [4.78, 5) is 31.4. The number of thiophene rings is 1. The van der Waals surface area contributed by atoms with Gasteiger partial charge < -0.3 is 5.32 Å². The third-order valence-corrected chi connectivity index (χ3v) is 4.91. The van der Waals surface area contributed by atoms with Crippen molar-refractivity contribution in [2.24, 2.45) is 0 Å². The van der Waals surface area contributed by atoms with Crippen molar-refractivity contribution < 1.29 is 4.79 Å². The Balaban J connectivity index is 1.43. The van der Waals surface area contributed by atoms with Gasteiger partial charge in [-0.1, -0.05) is 18.2 Å². The second-order valence-electron chi connectivity index (χ2n) is 5.87. The van der Waals surface area contributed by atoms with Gasteiger partial charge in [-0.25, -0.2) is 4.98 Å². The number of carbonyl (C=O) groups excluding carboxylic acids is 1. The van der Waals surface area contributed by atoms with Gasteiger partial charge in [0.2, 0.25) is 0 Å². The SMILES string of the molecule is Cc1nc2sccc2c(=O)n1CCNC(=O)c1cnn(-c2ccccc2)n1. The molecule has 4 aromatic rings. The van der Waals surface area contributed by atoms with E-state index in [1.807, 2.05) is 35.7 Å². The fourth-order valence-corrected chi connectivity index (χ4v) is 3.54. The van der Waals surface area contributed by atoms with Crippen molar-refractivity contribution in [1.29, 1.82) is 0 Å². The van der Waals surface area contributed by atoms with Crippen LogP contribution in [0.1, 0.15) is 16.3 Å². The van der Waals surface area contributed by atoms with E-state index >= 15 is 0 Å². The van der Waals surface area contributed by atoms with Crippen molar-refractivity contribution in [3.63, 3.8) is 0 Å². The summed E-state index contributed by atoms with van der Waals surface area (Å²) in [6.45, 7) is 2.41. The lowest BCUT2D eigenvalue weighted by Gasteiger charge is -2.09. The maximum absolute atomic E-state index is 12.5. The average Bonchev–Trinajstić information content (AvgIpc) is 3.34. The van der Waals surface area contributed by atoms with Gasteiger partial charge in [0.05, 0.1) is 17.3 Å². The molecule has 0 aliphatic rings. The zero-order valence-corrected chi connectivity index (χ0v) is 15.3. The van der Waals surface area contributed by atoms with E-state index in [1.54, 1.807) is 17.6 Å². The van der Waals surface area contributed by atoms with Crippen molar-refractivity contribution in [2.75, 3.05) is 6.54 Å². The quantitative estimate of drug-likeness (QED) is 0.569. The van der Waals surface area contributed by atoms with Gasteiger partial charge >= 0.3 is 0 Å². The Morgan fingerprint density at radius 1 is 1.22 bits per heavy atom. The van der Waals surface area contributed by atoms with Crippen LogP contribution in [-0.2, 0) is 6.54 Å². The standard InChI is InChI=1S/C18H16N6O2S/c1-12-21-17-14(7-10-27-17)18(26)23(12)9-8-19-16(25)15-11-20-24(22-15)13-5-3-2-4-6-13/h2-7,10-11H,8-9H2,1H3,(H,19,25). The number of aryl methyl sites for hydroxylation is 1. The minimum Gasteiger partial charge on any atom is -0.349 e. The van der Waals surface area contributed by atoms with Crippen LogP contribution in [0.15, 0.2) is 52.8 Å². The van der Waals surface area contributed by atoms with Gasteiger partial charge in [-0.05, 0) is 30.5 Å². The number of fused-ring (bicyclic) bond motifs is 1. The van der Waals surface area contributed by atoms with Crippen LogP contribution >= 0.6 is 11.3 Å². The molecular weight excluding hydrogens is 364 g/mol. The number of hydrogen-bond donors (Lipinski definition) is 1. The number of benzene rings is 1. The van der Waals surface area contributed by atoms with Crippen LogP contribution in [0, 0.1) is 6.92 Å². The number of aromatic nitrogens is 5. The molecule has 1 amide bonds. The van der Waals surface area contributed by atoms with Crippen LogP contribution in [0.2, 0.25) is 0 Å². The smallest absolute Gasteiger partial charge is 0.273 e. The third kappa shape index (κ3) is 3.36. The van der Waals surface area contributed by atoms with E-state index < -0.39 is 0 Å². The molecule has 0 radical (unpaired) electrons. The monoisotopic (exact) mass is 380 g/mol. The van der Waals surface area contributed by atoms with E-state index in [1.165, 1.54) is 22.3 Å². The molecule has 8 nitrogen and oxygen atoms in total. The molecule has 0 aliphatic carbocycles. The molecule has 1 aromatic carbocycles. The minimum absolute atomic E-state index is 0.0944. The lowest BCUT2D eigenvalue weighted by atomic mass is 10.3. The summed E-state index contributed by atoms with van der Waals surface area (Å²) < 4.78 is 1.57. The normalized spacial score (nSPS) is 11.0. The van der Waals surface area contributed by atoms with Crippen molar-refractivity contribution in [2.45, 2.75) is 13.5 Å². The van der Waals surface area contributed by atoms with Crippen molar-refractivity contribution in [1.82, 2.24) is 29.9 Å². The zero-order valence-electron chi connectivity index (χ0n) is 14.5. The first-order chi connectivity index (χ1) is 13.1. The molecular formula is C18H16N6O2S. The van der Waals surface area contributed by atoms with E-state index in [0.29, 0.717) is 17.8 Å². The van der Waals surface area contributed by atoms with Crippen LogP contribution in [0.25, 0.3) is 15.9 Å². The van der Waals surface area contributed by atoms with E-state index in [4.69, 9.17) is 0 Å². The minimum atomic E-state index is -0.340. The van der Waals surface area contributed by atoms with Crippen molar-refractivity contribution in [3.8, 4) is 5.69 Å². The maximum atomic E-state index is 12.5. The predicted octanol–water partition coefficient (Wildman–Crippen LogP) is 1.78. The lowest BCUT2D eigenvalue weighted by Crippen LogP contribution is -2.32. The van der Waals surface area contributed by atoms with Gasteiger partial charge in [0, 0.05) is 13.1 Å². The molecule has 0 unspecified atom stereocenters. The summed E-state index contributed by atoms with van der Waals surface area (Å²) in [5, 5.41) is 13.5. The molecule has 0 saturated heterocycles. The number of amides is 1. The Hall–Kier alpha value is -3.33. The Kier molecular flexibility index (Phi) is 4.51. The molecule has 0 fully saturated rings. The number of carbonyl (C=O) groups is 1. The Morgan fingerprint density at radius 2 is 2.04 bits per heavy atom. The van der Waals surface area contributed by atoms with Crippen LogP contribution in [0.5, 0.6) is 0 Å². The molecule has 4 rings (SSSR count). The summed E-state index contributed by atoms with van der Waals surface area (Å²) in [7, 11) is 0. The number of rotatable bonds is 5. The highest BCUT2D eigenvalue weighted by Crippen LogP contribution is 2.14. The van der Waals surface area contributed by atoms with Crippen LogP contribution in [0.3, 0.4) is 0 Å². The summed E-state index contributed by atoms with van der Waals surface area (Å²) in [6, 6.07) is 11.1. The van der Waals surface area contributed by atoms with Crippen molar-refractivity contribution >= 4 is 27.5 Å². The first kappa shape index (κ1) is 17.1. The van der Waals surface area contributed by atoms with Gasteiger partial charge in [-0.3, -0.25) is 14.2 Å². The summed E-state index contributed by atoms with van der Waals surface area (Å²) in [5.41, 5.74) is 0.895. The second kappa shape index (κ2) is 7.12. The van der Waals surface area contributed by atoms with E-state index in [0.717, 1.165) is 10.5 Å². The van der Waals surface area contributed by atoms with Crippen LogP contribution < -0.4 is 10.9 Å². The highest BCUT2D eigenvalue weighted by Gasteiger charge is 2.12. The van der Waals surface area contributed by atoms with Crippen molar-refractivity contribution in [3.05, 3.63) is 69.8 Å². The average molecular weight is 380 g/mol. The number of nitrogens with one attached hydrogen (secondary N) is 1. The fourth-order valence-electron chi connectivity index (χ4n) is 2.74. The largest absolute Gasteiger partial charge is 0.349 e. The Morgan fingerprint density at radius 3 is 2.85 bits per heavy atom. The molecule has 0 aliphatic heterocycles. The highest BCUT2D eigenvalue weighted by molar-refractivity contribution is 7.16. The second-order valence-corrected chi connectivity index (χ2v) is 6.76. The maximum Gasteiger partial charge on any atom is 0.273 e. The summed E-state index contributed by atoms with van der Waals surface area (Å²) >= 11 is 1.44. The van der Waals surface area contributed by atoms with Gasteiger partial charge in [-0.15, -0.1) is 16.4 Å². The highest BCUT2D eigenvalue weighted by atomic mass is 32.1. The third-order valence-electron chi connectivity index (χ3n) is 4.11. The fraction of sp³-hybridized carbons (Fsp3) is 0.167. The van der Waals surface area contributed by atoms with E-state index in [9.17, 15) is 9.59 Å². The number of para-hydroxylation sites is 1. The topological polar surface area (TPSA) is 94.7 Å². The predicted molar refractivity (Wildman–Crippen MR) is 102 cm³/mol.